The molecular weight excluding hydrogens is 658 g/mol. The molecule has 1 heterocycles. The molecule has 0 spiro atoms. The van der Waals surface area contributed by atoms with E-state index in [2.05, 4.69) is 5.32 Å². The minimum atomic E-state index is -2.34. The van der Waals surface area contributed by atoms with Crippen LogP contribution in [0.5, 0.6) is 28.7 Å². The monoisotopic (exact) mass is 693 g/mol. The Morgan fingerprint density at radius 3 is 2.38 bits per heavy atom. The van der Waals surface area contributed by atoms with E-state index in [1.54, 1.807) is 0 Å². The normalized spacial score (nSPS) is 25.6. The minimum Gasteiger partial charge on any atom is -0.508 e. The molecule has 6 atom stereocenters. The molecule has 15 nitrogen and oxygen atoms in total. The zero-order valence-corrected chi connectivity index (χ0v) is 26.9. The van der Waals surface area contributed by atoms with Crippen LogP contribution in [-0.2, 0) is 25.5 Å². The molecule has 1 saturated heterocycles. The summed E-state index contributed by atoms with van der Waals surface area (Å²) in [6.07, 6.45) is -6.23. The smallest absolute Gasteiger partial charge is 0.258 e. The van der Waals surface area contributed by atoms with Gasteiger partial charge >= 0.3 is 0 Å². The third-order valence-electron chi connectivity index (χ3n) is 9.31. The van der Waals surface area contributed by atoms with Crippen LogP contribution in [0, 0.1) is 0 Å². The van der Waals surface area contributed by atoms with Gasteiger partial charge in [0.1, 0.15) is 47.1 Å². The van der Waals surface area contributed by atoms with Crippen molar-refractivity contribution in [3.8, 4) is 28.7 Å². The molecule has 0 aromatic heterocycles. The molecule has 6 rings (SSSR count). The second-order valence-corrected chi connectivity index (χ2v) is 12.5. The highest BCUT2D eigenvalue weighted by molar-refractivity contribution is 6.31. The lowest BCUT2D eigenvalue weighted by atomic mass is 9.72. The first kappa shape index (κ1) is 34.8. The summed E-state index contributed by atoms with van der Waals surface area (Å²) in [7, 11) is 1.30. The molecule has 2 aliphatic carbocycles. The highest BCUT2D eigenvalue weighted by atomic mass is 16.7. The molecule has 4 unspecified atom stereocenters. The first-order chi connectivity index (χ1) is 23.8. The summed E-state index contributed by atoms with van der Waals surface area (Å²) in [5.41, 5.74) is -4.07. The van der Waals surface area contributed by atoms with Crippen molar-refractivity contribution in [2.24, 2.45) is 0 Å². The largest absolute Gasteiger partial charge is 0.508 e. The van der Waals surface area contributed by atoms with Crippen molar-refractivity contribution in [2.75, 3.05) is 20.3 Å². The number of aromatic hydroxyl groups is 3. The van der Waals surface area contributed by atoms with Gasteiger partial charge < -0.3 is 54.9 Å². The van der Waals surface area contributed by atoms with Crippen molar-refractivity contribution in [3.05, 3.63) is 75.8 Å². The number of aliphatic hydroxyl groups excluding tert-OH is 2. The number of rotatable bonds is 9. The maximum Gasteiger partial charge on any atom is 0.258 e. The molecule has 3 aromatic rings. The van der Waals surface area contributed by atoms with Crippen LogP contribution in [0.3, 0.4) is 0 Å². The second kappa shape index (κ2) is 13.3. The minimum absolute atomic E-state index is 0.0148. The predicted octanol–water partition coefficient (Wildman–Crippen LogP) is 0.943. The molecule has 7 N–H and O–H groups in total. The van der Waals surface area contributed by atoms with Gasteiger partial charge in [0.25, 0.3) is 5.91 Å². The fourth-order valence-electron chi connectivity index (χ4n) is 6.80. The number of fused-ring (bicyclic) bond motifs is 3. The van der Waals surface area contributed by atoms with E-state index >= 15 is 0 Å². The van der Waals surface area contributed by atoms with Gasteiger partial charge in [0.15, 0.2) is 24.5 Å². The number of aliphatic hydroxyl groups is 3. The summed E-state index contributed by atoms with van der Waals surface area (Å²) in [4.78, 5) is 53.2. The van der Waals surface area contributed by atoms with E-state index in [1.165, 1.54) is 56.5 Å². The molecule has 3 aromatic carbocycles. The zero-order chi connectivity index (χ0) is 36.1. The average Bonchev–Trinajstić information content (AvgIpc) is 3.09. The first-order valence-electron chi connectivity index (χ1n) is 15.7. The van der Waals surface area contributed by atoms with E-state index < -0.39 is 108 Å². The molecule has 15 heteroatoms. The predicted molar refractivity (Wildman–Crippen MR) is 169 cm³/mol. The number of hydrogen-bond acceptors (Lipinski definition) is 14. The molecule has 50 heavy (non-hydrogen) atoms. The third kappa shape index (κ3) is 6.03. The van der Waals surface area contributed by atoms with Crippen LogP contribution in [0.25, 0.3) is 0 Å². The Balaban J connectivity index is 1.33. The number of carbonyl (C=O) groups is 4. The SMILES string of the molecule is COc1cccc2c1C(=O)c1c(O)c3c(c(O)c1C2=O)C[C@@](O)(C(=O)CO)C[C@@H]3OC1CC(NC(=O)COc2ccc(O)cc2)C(O)C(C)O1. The van der Waals surface area contributed by atoms with Gasteiger partial charge in [-0.05, 0) is 37.3 Å². The number of benzene rings is 3. The van der Waals surface area contributed by atoms with Crippen LogP contribution in [0.2, 0.25) is 0 Å². The van der Waals surface area contributed by atoms with Gasteiger partial charge in [-0.2, -0.15) is 0 Å². The second-order valence-electron chi connectivity index (χ2n) is 12.5. The Morgan fingerprint density at radius 2 is 1.70 bits per heavy atom. The van der Waals surface area contributed by atoms with Crippen molar-refractivity contribution < 1.29 is 68.8 Å². The number of ketones is 3. The molecule has 3 aliphatic rings. The van der Waals surface area contributed by atoms with Gasteiger partial charge in [-0.1, -0.05) is 12.1 Å². The van der Waals surface area contributed by atoms with Crippen molar-refractivity contribution in [3.63, 3.8) is 0 Å². The Bertz CT molecular complexity index is 1870. The van der Waals surface area contributed by atoms with Gasteiger partial charge in [-0.25, -0.2) is 0 Å². The topological polar surface area (TPSA) is 239 Å². The quantitative estimate of drug-likeness (QED) is 0.121. The van der Waals surface area contributed by atoms with Crippen molar-refractivity contribution in [1.82, 2.24) is 5.32 Å². The van der Waals surface area contributed by atoms with Crippen LogP contribution in [0.4, 0.5) is 0 Å². The lowest BCUT2D eigenvalue weighted by molar-refractivity contribution is -0.249. The Labute approximate surface area is 284 Å². The van der Waals surface area contributed by atoms with Crippen molar-refractivity contribution in [1.29, 1.82) is 0 Å². The number of carbonyl (C=O) groups excluding carboxylic acids is 4. The van der Waals surface area contributed by atoms with Crippen molar-refractivity contribution >= 4 is 23.3 Å². The van der Waals surface area contributed by atoms with Gasteiger partial charge in [-0.15, -0.1) is 0 Å². The summed E-state index contributed by atoms with van der Waals surface area (Å²) >= 11 is 0. The summed E-state index contributed by atoms with van der Waals surface area (Å²) < 4.78 is 22.8. The van der Waals surface area contributed by atoms with Crippen LogP contribution in [0.15, 0.2) is 42.5 Å². The summed E-state index contributed by atoms with van der Waals surface area (Å²) in [5.74, 6) is -4.37. The molecule has 264 valence electrons. The summed E-state index contributed by atoms with van der Waals surface area (Å²) in [6.45, 7) is 0.00576. The molecule has 0 radical (unpaired) electrons. The average molecular weight is 694 g/mol. The standard InChI is InChI=1S/C35H35NO14/c1-15-30(41)20(36-24(40)14-48-17-8-6-16(38)7-9-17)10-25(49-15)50-22-12-35(46,23(39)13-37)11-19-27(22)34(45)29-28(32(19)43)31(42)18-4-3-5-21(47-2)26(18)33(29)44/h3-9,15,20,22,25,30,37-38,41,43,45-46H,10-14H2,1-2H3,(H,36,40)/t15?,20?,22-,25?,30?,35-/m0/s1. The van der Waals surface area contributed by atoms with E-state index in [4.69, 9.17) is 18.9 Å². The van der Waals surface area contributed by atoms with E-state index in [1.807, 2.05) is 0 Å². The van der Waals surface area contributed by atoms with Crippen LogP contribution >= 0.6 is 0 Å². The molecule has 1 amide bonds. The highest BCUT2D eigenvalue weighted by Gasteiger charge is 2.50. The third-order valence-corrected chi connectivity index (χ3v) is 9.31. The maximum absolute atomic E-state index is 13.9. The Morgan fingerprint density at radius 1 is 1.00 bits per heavy atom. The fraction of sp³-hybridized carbons (Fsp3) is 0.371. The van der Waals surface area contributed by atoms with E-state index in [9.17, 15) is 49.8 Å². The lowest BCUT2D eigenvalue weighted by Crippen LogP contribution is -2.56. The van der Waals surface area contributed by atoms with E-state index in [0.717, 1.165) is 0 Å². The zero-order valence-electron chi connectivity index (χ0n) is 26.9. The number of ether oxygens (including phenoxy) is 4. The molecule has 0 saturated carbocycles. The summed E-state index contributed by atoms with van der Waals surface area (Å²) in [5, 5.41) is 67.3. The van der Waals surface area contributed by atoms with E-state index in [0.29, 0.717) is 5.75 Å². The maximum atomic E-state index is 13.9. The number of amides is 1. The number of hydrogen-bond donors (Lipinski definition) is 7. The number of nitrogens with one attached hydrogen (secondary N) is 1. The number of methoxy groups -OCH3 is 1. The first-order valence-corrected chi connectivity index (χ1v) is 15.7. The Hall–Kier alpha value is -5.06. The number of phenolic OH excluding ortho intramolecular Hbond substituents is 3. The number of phenols is 3. The van der Waals surface area contributed by atoms with Crippen LogP contribution < -0.4 is 14.8 Å². The van der Waals surface area contributed by atoms with Crippen molar-refractivity contribution in [2.45, 2.75) is 62.4 Å². The molecule has 1 aliphatic heterocycles. The van der Waals surface area contributed by atoms with Gasteiger partial charge in [0.2, 0.25) is 5.78 Å². The van der Waals surface area contributed by atoms with E-state index in [-0.39, 0.29) is 40.2 Å². The Kier molecular flexibility index (Phi) is 9.28. The number of Topliss-reactive ketones (excluding diaryl/α,β-unsaturated/α-hetero) is 1. The summed E-state index contributed by atoms with van der Waals surface area (Å²) in [6, 6.07) is 9.04. The van der Waals surface area contributed by atoms with Crippen LogP contribution in [-0.4, -0.2) is 104 Å². The van der Waals surface area contributed by atoms with Gasteiger partial charge in [-0.3, -0.25) is 19.2 Å². The fourth-order valence-corrected chi connectivity index (χ4v) is 6.80. The molecule has 0 bridgehead atoms. The van der Waals surface area contributed by atoms with Gasteiger partial charge in [0.05, 0.1) is 42.0 Å². The highest BCUT2D eigenvalue weighted by Crippen LogP contribution is 2.52. The molecular formula is C35H35NO14. The molecule has 1 fully saturated rings. The van der Waals surface area contributed by atoms with Gasteiger partial charge in [0, 0.05) is 36.0 Å². The lowest BCUT2D eigenvalue weighted by Gasteiger charge is -2.42. The van der Waals surface area contributed by atoms with Crippen LogP contribution in [0.1, 0.15) is 68.8 Å².